The minimum absolute atomic E-state index is 0.0179. The van der Waals surface area contributed by atoms with Crippen LogP contribution >= 0.6 is 0 Å². The molecular formula is C37H60FNO. The summed E-state index contributed by atoms with van der Waals surface area (Å²) >= 11 is 0. The van der Waals surface area contributed by atoms with Crippen molar-refractivity contribution in [3.05, 3.63) is 71.3 Å². The lowest BCUT2D eigenvalue weighted by molar-refractivity contribution is 0.108. The van der Waals surface area contributed by atoms with Crippen LogP contribution in [0.3, 0.4) is 0 Å². The van der Waals surface area contributed by atoms with Crippen LogP contribution in [0.15, 0.2) is 54.7 Å². The highest BCUT2D eigenvalue weighted by Gasteiger charge is 2.21. The van der Waals surface area contributed by atoms with Crippen LogP contribution in [-0.2, 0) is 4.74 Å². The molecule has 1 aliphatic carbocycles. The molecule has 3 unspecified atom stereocenters. The van der Waals surface area contributed by atoms with Gasteiger partial charge in [0.05, 0.1) is 6.10 Å². The monoisotopic (exact) mass is 553 g/mol. The van der Waals surface area contributed by atoms with E-state index in [4.69, 9.17) is 4.74 Å². The van der Waals surface area contributed by atoms with Crippen molar-refractivity contribution >= 4 is 11.8 Å². The van der Waals surface area contributed by atoms with Gasteiger partial charge in [-0.05, 0) is 56.2 Å². The van der Waals surface area contributed by atoms with Crippen LogP contribution in [0.25, 0.3) is 11.8 Å². The van der Waals surface area contributed by atoms with E-state index >= 15 is 0 Å². The van der Waals surface area contributed by atoms with Crippen molar-refractivity contribution in [1.29, 1.82) is 0 Å². The summed E-state index contributed by atoms with van der Waals surface area (Å²) in [6.07, 6.45) is 22.4. The van der Waals surface area contributed by atoms with E-state index in [0.29, 0.717) is 6.10 Å². The summed E-state index contributed by atoms with van der Waals surface area (Å²) in [6.45, 7) is 22.6. The van der Waals surface area contributed by atoms with E-state index in [9.17, 15) is 4.39 Å². The van der Waals surface area contributed by atoms with Crippen molar-refractivity contribution < 1.29 is 9.13 Å². The third-order valence-electron chi connectivity index (χ3n) is 7.84. The second kappa shape index (κ2) is 20.7. The van der Waals surface area contributed by atoms with Crippen LogP contribution in [0.5, 0.6) is 0 Å². The number of halogens is 1. The lowest BCUT2D eigenvalue weighted by Gasteiger charge is -2.30. The molecule has 0 spiro atoms. The standard InChI is InChI=1S/C18H18FN.C7H16.C6H12O.C6H14/c1-12-4-7-17-14(3)20(9-8-15(17)10-12)16-6-5-13(2)18(19)11-16;1-4-6-7(3)5-2;1-2-6-4-3-5-7-6;1-3-5-6-4-2/h4,6-11,13H,3,5H2,1-2H3;7H,4-6H2,1-3H3;6H,2-5H2,1H3;3-6H2,1-2H3. The lowest BCUT2D eigenvalue weighted by atomic mass is 9.96. The minimum Gasteiger partial charge on any atom is -0.378 e. The average molecular weight is 554 g/mol. The molecule has 226 valence electrons. The van der Waals surface area contributed by atoms with Gasteiger partial charge in [0, 0.05) is 35.7 Å². The number of unbranched alkanes of at least 4 members (excludes halogenated alkanes) is 3. The second-order valence-corrected chi connectivity index (χ2v) is 11.6. The molecule has 2 heterocycles. The van der Waals surface area contributed by atoms with E-state index in [2.05, 4.69) is 85.4 Å². The van der Waals surface area contributed by atoms with Crippen molar-refractivity contribution in [2.45, 2.75) is 132 Å². The largest absolute Gasteiger partial charge is 0.378 e. The van der Waals surface area contributed by atoms with Crippen molar-refractivity contribution in [3.63, 3.8) is 0 Å². The fourth-order valence-corrected chi connectivity index (χ4v) is 4.78. The molecule has 1 aromatic rings. The van der Waals surface area contributed by atoms with Crippen LogP contribution < -0.4 is 0 Å². The highest BCUT2D eigenvalue weighted by atomic mass is 19.1. The summed E-state index contributed by atoms with van der Waals surface area (Å²) in [5, 5.41) is 0. The Morgan fingerprint density at radius 2 is 1.77 bits per heavy atom. The molecule has 1 fully saturated rings. The van der Waals surface area contributed by atoms with E-state index < -0.39 is 0 Å². The fraction of sp³-hybridized carbons (Fsp3) is 0.622. The maximum absolute atomic E-state index is 13.8. The molecule has 3 aliphatic rings. The van der Waals surface area contributed by atoms with Crippen LogP contribution in [0.4, 0.5) is 4.39 Å². The number of rotatable bonds is 8. The first-order valence-corrected chi connectivity index (χ1v) is 16.2. The molecule has 0 aromatic heterocycles. The van der Waals surface area contributed by atoms with E-state index in [-0.39, 0.29) is 11.7 Å². The van der Waals surface area contributed by atoms with Gasteiger partial charge in [0.25, 0.3) is 0 Å². The van der Waals surface area contributed by atoms with E-state index in [1.165, 1.54) is 75.3 Å². The van der Waals surface area contributed by atoms with Gasteiger partial charge < -0.3 is 9.64 Å². The zero-order valence-electron chi connectivity index (χ0n) is 27.2. The van der Waals surface area contributed by atoms with Crippen molar-refractivity contribution in [3.8, 4) is 0 Å². The third kappa shape index (κ3) is 13.0. The van der Waals surface area contributed by atoms with Gasteiger partial charge in [-0.3, -0.25) is 0 Å². The average Bonchev–Trinajstić information content (AvgIpc) is 3.49. The van der Waals surface area contributed by atoms with Gasteiger partial charge in [0.2, 0.25) is 0 Å². The van der Waals surface area contributed by atoms with Crippen molar-refractivity contribution in [2.24, 2.45) is 11.8 Å². The summed E-state index contributed by atoms with van der Waals surface area (Å²) in [7, 11) is 0. The molecule has 0 bridgehead atoms. The smallest absolute Gasteiger partial charge is 0.105 e. The molecule has 0 radical (unpaired) electrons. The van der Waals surface area contributed by atoms with Gasteiger partial charge >= 0.3 is 0 Å². The Hall–Kier alpha value is -2.13. The Labute approximate surface area is 247 Å². The molecule has 2 nitrogen and oxygen atoms in total. The first-order valence-electron chi connectivity index (χ1n) is 16.2. The topological polar surface area (TPSA) is 12.5 Å². The van der Waals surface area contributed by atoms with E-state index in [0.717, 1.165) is 35.9 Å². The summed E-state index contributed by atoms with van der Waals surface area (Å²) in [6, 6.07) is 6.30. The molecule has 0 amide bonds. The highest BCUT2D eigenvalue weighted by Crippen LogP contribution is 2.35. The number of hydrogen-bond donors (Lipinski definition) is 0. The quantitative estimate of drug-likeness (QED) is 0.297. The Morgan fingerprint density at radius 1 is 1.07 bits per heavy atom. The molecule has 0 N–H and O–H groups in total. The number of fused-ring (bicyclic) bond motifs is 1. The van der Waals surface area contributed by atoms with Crippen molar-refractivity contribution in [2.75, 3.05) is 6.61 Å². The molecule has 3 atom stereocenters. The van der Waals surface area contributed by atoms with Crippen LogP contribution in [0.1, 0.15) is 136 Å². The molecule has 0 saturated carbocycles. The van der Waals surface area contributed by atoms with Crippen molar-refractivity contribution in [1.82, 2.24) is 4.90 Å². The molecule has 3 heteroatoms. The molecular weight excluding hydrogens is 493 g/mol. The van der Waals surface area contributed by atoms with E-state index in [1.807, 2.05) is 18.0 Å². The Bertz CT molecular complexity index is 933. The van der Waals surface area contributed by atoms with Gasteiger partial charge in [-0.25, -0.2) is 4.39 Å². The summed E-state index contributed by atoms with van der Waals surface area (Å²) in [5.41, 5.74) is 5.26. The lowest BCUT2D eigenvalue weighted by Crippen LogP contribution is -2.19. The zero-order valence-corrected chi connectivity index (χ0v) is 27.2. The number of hydrogen-bond acceptors (Lipinski definition) is 2. The number of allylic oxidation sites excluding steroid dienone is 3. The Morgan fingerprint density at radius 3 is 2.25 bits per heavy atom. The van der Waals surface area contributed by atoms with Crippen LogP contribution in [0.2, 0.25) is 0 Å². The molecule has 1 saturated heterocycles. The first-order chi connectivity index (χ1) is 19.2. The van der Waals surface area contributed by atoms with Crippen LogP contribution in [-0.4, -0.2) is 17.6 Å². The third-order valence-corrected chi connectivity index (χ3v) is 7.84. The second-order valence-electron chi connectivity index (χ2n) is 11.6. The summed E-state index contributed by atoms with van der Waals surface area (Å²) < 4.78 is 19.1. The van der Waals surface area contributed by atoms with Gasteiger partial charge in [-0.15, -0.1) is 0 Å². The van der Waals surface area contributed by atoms with Gasteiger partial charge in [0.1, 0.15) is 5.83 Å². The van der Waals surface area contributed by atoms with Crippen LogP contribution in [0, 0.1) is 18.8 Å². The summed E-state index contributed by atoms with van der Waals surface area (Å²) in [4.78, 5) is 1.96. The number of ether oxygens (including phenoxy) is 1. The molecule has 4 rings (SSSR count). The maximum Gasteiger partial charge on any atom is 0.105 e. The van der Waals surface area contributed by atoms with E-state index in [1.54, 1.807) is 6.08 Å². The first kappa shape index (κ1) is 35.9. The minimum atomic E-state index is -0.0570. The molecule has 2 aliphatic heterocycles. The fourth-order valence-electron chi connectivity index (χ4n) is 4.78. The normalized spacial score (nSPS) is 20.0. The summed E-state index contributed by atoms with van der Waals surface area (Å²) in [5.74, 6) is 0.874. The number of benzene rings is 1. The van der Waals surface area contributed by atoms with Gasteiger partial charge in [-0.1, -0.05) is 130 Å². The predicted octanol–water partition coefficient (Wildman–Crippen LogP) is 12.0. The Balaban J connectivity index is 0.000000328. The number of aryl methyl sites for hydroxylation is 1. The number of nitrogens with zero attached hydrogens (tertiary/aromatic N) is 1. The highest BCUT2D eigenvalue weighted by molar-refractivity contribution is 5.78. The molecule has 1 aromatic carbocycles. The van der Waals surface area contributed by atoms with Gasteiger partial charge in [-0.2, -0.15) is 0 Å². The zero-order chi connectivity index (χ0) is 29.9. The predicted molar refractivity (Wildman–Crippen MR) is 176 cm³/mol. The Kier molecular flexibility index (Phi) is 18.6. The van der Waals surface area contributed by atoms with Gasteiger partial charge in [0.15, 0.2) is 0 Å². The molecule has 40 heavy (non-hydrogen) atoms. The SMILES string of the molecule is C=C1c2ccc(C)cc2C=CN1C1=CCC(C)C(F)=C1.CCC1CCCO1.CCCC(C)CC.CCCCCC. The maximum atomic E-state index is 13.8.